The number of aryl methyl sites for hydroxylation is 1. The summed E-state index contributed by atoms with van der Waals surface area (Å²) in [6, 6.07) is 5.68. The van der Waals surface area contributed by atoms with Crippen molar-refractivity contribution in [1.82, 2.24) is 24.5 Å². The molecule has 1 amide bonds. The van der Waals surface area contributed by atoms with Crippen LogP contribution in [0.4, 0.5) is 18.9 Å². The number of carbonyl (C=O) groups is 1. The van der Waals surface area contributed by atoms with Crippen LogP contribution in [0, 0.1) is 11.8 Å². The first-order chi connectivity index (χ1) is 15.3. The van der Waals surface area contributed by atoms with Crippen LogP contribution in [0.25, 0.3) is 5.78 Å². The number of hydrogen-bond acceptors (Lipinski definition) is 5. The molecule has 2 atom stereocenters. The number of rotatable bonds is 4. The van der Waals surface area contributed by atoms with Gasteiger partial charge >= 0.3 is 6.18 Å². The monoisotopic (exact) mass is 444 g/mol. The van der Waals surface area contributed by atoms with Gasteiger partial charge in [-0.1, -0.05) is 25.5 Å². The summed E-state index contributed by atoms with van der Waals surface area (Å²) in [5, 5.41) is 4.31. The Labute approximate surface area is 182 Å². The Hall–Kier alpha value is -3.17. The molecule has 10 heteroatoms. The van der Waals surface area contributed by atoms with E-state index in [9.17, 15) is 18.0 Å². The molecule has 1 aromatic carbocycles. The molecule has 0 spiro atoms. The number of benzene rings is 1. The standard InChI is InChI=1S/C22H23F3N6O/c1-2-5-14-8-26-21-27-19(28-31(21)9-14)20(32)30-12-15-10-29(11-16(15)13-30)18-7-4-3-6-17(18)22(23,24)25/h3-4,6-9,15-16H,2,5,10-13H2,1H3/t15-,16+. The first-order valence-corrected chi connectivity index (χ1v) is 10.7. The summed E-state index contributed by atoms with van der Waals surface area (Å²) in [4.78, 5) is 25.0. The van der Waals surface area contributed by atoms with Crippen molar-refractivity contribution in [2.75, 3.05) is 31.1 Å². The number of halogens is 3. The Kier molecular flexibility index (Phi) is 5.02. The van der Waals surface area contributed by atoms with E-state index in [0.717, 1.165) is 24.5 Å². The summed E-state index contributed by atoms with van der Waals surface area (Å²) in [6.45, 7) is 4.02. The lowest BCUT2D eigenvalue weighted by Gasteiger charge is -2.25. The van der Waals surface area contributed by atoms with Gasteiger partial charge in [0.2, 0.25) is 5.82 Å². The molecule has 4 heterocycles. The van der Waals surface area contributed by atoms with E-state index >= 15 is 0 Å². The average molecular weight is 444 g/mol. The molecule has 0 radical (unpaired) electrons. The third kappa shape index (κ3) is 3.67. The largest absolute Gasteiger partial charge is 0.418 e. The fourth-order valence-electron chi connectivity index (χ4n) is 4.82. The summed E-state index contributed by atoms with van der Waals surface area (Å²) in [5.41, 5.74) is 0.624. The van der Waals surface area contributed by atoms with E-state index in [1.54, 1.807) is 22.1 Å². The Morgan fingerprint density at radius 2 is 1.84 bits per heavy atom. The van der Waals surface area contributed by atoms with Crippen molar-refractivity contribution in [2.45, 2.75) is 25.9 Å². The predicted molar refractivity (Wildman–Crippen MR) is 111 cm³/mol. The number of amides is 1. The number of para-hydroxylation sites is 1. The first kappa shape index (κ1) is 20.7. The van der Waals surface area contributed by atoms with Crippen LogP contribution in [0.1, 0.15) is 35.1 Å². The van der Waals surface area contributed by atoms with Crippen molar-refractivity contribution in [3.05, 3.63) is 53.6 Å². The van der Waals surface area contributed by atoms with Gasteiger partial charge in [-0.3, -0.25) is 4.79 Å². The molecular formula is C22H23F3N6O. The highest BCUT2D eigenvalue weighted by Gasteiger charge is 2.44. The molecule has 0 aliphatic carbocycles. The molecule has 3 aromatic rings. The zero-order valence-electron chi connectivity index (χ0n) is 17.6. The Bertz CT molecular complexity index is 1150. The summed E-state index contributed by atoms with van der Waals surface area (Å²) < 4.78 is 41.7. The van der Waals surface area contributed by atoms with Crippen molar-refractivity contribution in [3.63, 3.8) is 0 Å². The van der Waals surface area contributed by atoms with Gasteiger partial charge in [0.05, 0.1) is 5.56 Å². The molecule has 32 heavy (non-hydrogen) atoms. The van der Waals surface area contributed by atoms with Crippen LogP contribution in [0.15, 0.2) is 36.7 Å². The second-order valence-corrected chi connectivity index (χ2v) is 8.54. The summed E-state index contributed by atoms with van der Waals surface area (Å²) >= 11 is 0. The zero-order valence-corrected chi connectivity index (χ0v) is 17.6. The van der Waals surface area contributed by atoms with Crippen LogP contribution in [0.2, 0.25) is 0 Å². The maximum absolute atomic E-state index is 13.4. The third-order valence-electron chi connectivity index (χ3n) is 6.30. The maximum Gasteiger partial charge on any atom is 0.418 e. The number of aromatic nitrogens is 4. The molecule has 5 rings (SSSR count). The molecule has 0 N–H and O–H groups in total. The van der Waals surface area contributed by atoms with Gasteiger partial charge in [0.25, 0.3) is 11.7 Å². The van der Waals surface area contributed by atoms with Gasteiger partial charge in [-0.05, 0) is 24.1 Å². The van der Waals surface area contributed by atoms with Crippen LogP contribution in [-0.4, -0.2) is 56.6 Å². The van der Waals surface area contributed by atoms with Crippen molar-refractivity contribution in [2.24, 2.45) is 11.8 Å². The molecule has 2 aliphatic rings. The van der Waals surface area contributed by atoms with Crippen LogP contribution < -0.4 is 4.90 Å². The quantitative estimate of drug-likeness (QED) is 0.618. The van der Waals surface area contributed by atoms with Gasteiger partial charge in [0, 0.05) is 56.1 Å². The Morgan fingerprint density at radius 1 is 1.12 bits per heavy atom. The van der Waals surface area contributed by atoms with Crippen LogP contribution in [0.5, 0.6) is 0 Å². The molecule has 2 saturated heterocycles. The van der Waals surface area contributed by atoms with Gasteiger partial charge < -0.3 is 9.80 Å². The van der Waals surface area contributed by atoms with Crippen molar-refractivity contribution < 1.29 is 18.0 Å². The highest BCUT2D eigenvalue weighted by Crippen LogP contribution is 2.40. The molecule has 0 bridgehead atoms. The fraction of sp³-hybridized carbons (Fsp3) is 0.455. The third-order valence-corrected chi connectivity index (χ3v) is 6.30. The molecule has 2 aliphatic heterocycles. The number of anilines is 1. The van der Waals surface area contributed by atoms with Crippen molar-refractivity contribution in [1.29, 1.82) is 0 Å². The number of alkyl halides is 3. The van der Waals surface area contributed by atoms with E-state index in [1.807, 2.05) is 6.20 Å². The van der Waals surface area contributed by atoms with Gasteiger partial charge in [0.15, 0.2) is 0 Å². The van der Waals surface area contributed by atoms with Gasteiger partial charge in [-0.15, -0.1) is 5.10 Å². The van der Waals surface area contributed by atoms with Gasteiger partial charge in [-0.25, -0.2) is 9.50 Å². The Balaban J connectivity index is 1.29. The number of nitrogens with zero attached hydrogens (tertiary/aromatic N) is 6. The zero-order chi connectivity index (χ0) is 22.5. The van der Waals surface area contributed by atoms with Gasteiger partial charge in [0.1, 0.15) is 0 Å². The van der Waals surface area contributed by atoms with E-state index in [4.69, 9.17) is 0 Å². The van der Waals surface area contributed by atoms with E-state index in [1.165, 1.54) is 16.6 Å². The predicted octanol–water partition coefficient (Wildman–Crippen LogP) is 3.30. The van der Waals surface area contributed by atoms with E-state index in [-0.39, 0.29) is 29.3 Å². The SMILES string of the molecule is CCCc1cnc2nc(C(=O)N3C[C@@H]4CN(c5ccccc5C(F)(F)F)C[C@@H]4C3)nn2c1. The maximum atomic E-state index is 13.4. The van der Waals surface area contributed by atoms with Crippen molar-refractivity contribution in [3.8, 4) is 0 Å². The summed E-state index contributed by atoms with van der Waals surface area (Å²) in [5.74, 6) is 0.454. The fourth-order valence-corrected chi connectivity index (χ4v) is 4.82. The minimum atomic E-state index is -4.39. The van der Waals surface area contributed by atoms with Crippen LogP contribution in [-0.2, 0) is 12.6 Å². The number of likely N-dealkylation sites (tertiary alicyclic amines) is 1. The number of fused-ring (bicyclic) bond motifs is 2. The number of hydrogen-bond donors (Lipinski definition) is 0. The normalized spacial score (nSPS) is 20.9. The lowest BCUT2D eigenvalue weighted by atomic mass is 10.0. The highest BCUT2D eigenvalue weighted by molar-refractivity contribution is 5.91. The topological polar surface area (TPSA) is 66.6 Å². The molecular weight excluding hydrogens is 421 g/mol. The minimum absolute atomic E-state index is 0.102. The smallest absolute Gasteiger partial charge is 0.370 e. The molecule has 7 nitrogen and oxygen atoms in total. The summed E-state index contributed by atoms with van der Waals surface area (Å²) in [7, 11) is 0. The molecule has 2 aromatic heterocycles. The van der Waals surface area contributed by atoms with E-state index in [2.05, 4.69) is 22.0 Å². The van der Waals surface area contributed by atoms with Crippen LogP contribution >= 0.6 is 0 Å². The highest BCUT2D eigenvalue weighted by atomic mass is 19.4. The van der Waals surface area contributed by atoms with Crippen LogP contribution in [0.3, 0.4) is 0 Å². The number of carbonyl (C=O) groups excluding carboxylic acids is 1. The lowest BCUT2D eigenvalue weighted by Crippen LogP contribution is -2.34. The van der Waals surface area contributed by atoms with E-state index in [0.29, 0.717) is 32.0 Å². The molecule has 168 valence electrons. The Morgan fingerprint density at radius 3 is 2.53 bits per heavy atom. The van der Waals surface area contributed by atoms with Crippen molar-refractivity contribution >= 4 is 17.4 Å². The average Bonchev–Trinajstić information content (AvgIpc) is 3.45. The second-order valence-electron chi connectivity index (χ2n) is 8.54. The van der Waals surface area contributed by atoms with Gasteiger partial charge in [-0.2, -0.15) is 18.2 Å². The summed E-state index contributed by atoms with van der Waals surface area (Å²) in [6.07, 6.45) is 1.04. The second kappa shape index (κ2) is 7.75. The van der Waals surface area contributed by atoms with E-state index < -0.39 is 11.7 Å². The molecule has 0 unspecified atom stereocenters. The minimum Gasteiger partial charge on any atom is -0.370 e. The molecule has 2 fully saturated rings. The lowest BCUT2D eigenvalue weighted by molar-refractivity contribution is -0.137. The first-order valence-electron chi connectivity index (χ1n) is 10.7. The molecule has 0 saturated carbocycles.